The van der Waals surface area contributed by atoms with Gasteiger partial charge in [-0.3, -0.25) is 0 Å². The zero-order chi connectivity index (χ0) is 7.40. The highest BCUT2D eigenvalue weighted by atomic mass is 16.5. The van der Waals surface area contributed by atoms with Crippen molar-refractivity contribution < 1.29 is 4.74 Å². The summed E-state index contributed by atoms with van der Waals surface area (Å²) in [6, 6.07) is 0. The zero-order valence-electron chi connectivity index (χ0n) is 6.25. The Morgan fingerprint density at radius 1 is 1.10 bits per heavy atom. The van der Waals surface area contributed by atoms with Crippen LogP contribution in [0.5, 0.6) is 0 Å². The summed E-state index contributed by atoms with van der Waals surface area (Å²) in [6.45, 7) is 9.16. The molecule has 0 aromatic rings. The maximum Gasteiger partial charge on any atom is 0.0529 e. The fourth-order valence-electron chi connectivity index (χ4n) is 1.22. The summed E-state index contributed by atoms with van der Waals surface area (Å²) in [5.41, 5.74) is 0. The Kier molecular flexibility index (Phi) is 2.69. The predicted molar refractivity (Wildman–Crippen MR) is 42.8 cm³/mol. The van der Waals surface area contributed by atoms with Crippen molar-refractivity contribution in [3.05, 3.63) is 25.3 Å². The molecule has 1 heterocycles. The van der Waals surface area contributed by atoms with E-state index in [4.69, 9.17) is 4.74 Å². The number of hydrogen-bond donors (Lipinski definition) is 0. The molecule has 0 aromatic carbocycles. The molecule has 1 aliphatic heterocycles. The van der Waals surface area contributed by atoms with Crippen molar-refractivity contribution in [2.24, 2.45) is 11.8 Å². The molecule has 56 valence electrons. The van der Waals surface area contributed by atoms with E-state index < -0.39 is 0 Å². The Morgan fingerprint density at radius 2 is 1.60 bits per heavy atom. The summed E-state index contributed by atoms with van der Waals surface area (Å²) in [7, 11) is 0. The van der Waals surface area contributed by atoms with Crippen LogP contribution in [0.3, 0.4) is 0 Å². The van der Waals surface area contributed by atoms with Crippen LogP contribution < -0.4 is 0 Å². The zero-order valence-corrected chi connectivity index (χ0v) is 6.25. The van der Waals surface area contributed by atoms with Gasteiger partial charge in [-0.15, -0.1) is 13.2 Å². The van der Waals surface area contributed by atoms with Gasteiger partial charge >= 0.3 is 0 Å². The van der Waals surface area contributed by atoms with Crippen LogP contribution in [0.4, 0.5) is 0 Å². The molecule has 0 spiro atoms. The van der Waals surface area contributed by atoms with Crippen molar-refractivity contribution in [2.45, 2.75) is 6.42 Å². The molecular weight excluding hydrogens is 124 g/mol. The van der Waals surface area contributed by atoms with Crippen LogP contribution in [0.25, 0.3) is 0 Å². The first-order valence-electron chi connectivity index (χ1n) is 3.69. The maximum atomic E-state index is 5.33. The highest BCUT2D eigenvalue weighted by Gasteiger charge is 2.17. The lowest BCUT2D eigenvalue weighted by molar-refractivity contribution is 0.0458. The lowest BCUT2D eigenvalue weighted by Gasteiger charge is -2.24. The molecule has 1 aliphatic rings. The van der Waals surface area contributed by atoms with Crippen molar-refractivity contribution in [1.29, 1.82) is 0 Å². The number of hydrogen-bond acceptors (Lipinski definition) is 1. The third-order valence-corrected chi connectivity index (χ3v) is 1.94. The van der Waals surface area contributed by atoms with Gasteiger partial charge in [0.2, 0.25) is 0 Å². The molecule has 0 radical (unpaired) electrons. The molecule has 0 bridgehead atoms. The minimum absolute atomic E-state index is 0.539. The third kappa shape index (κ3) is 1.71. The molecule has 1 saturated heterocycles. The van der Waals surface area contributed by atoms with E-state index in [0.29, 0.717) is 11.8 Å². The van der Waals surface area contributed by atoms with Crippen LogP contribution in [0.15, 0.2) is 25.3 Å². The summed E-state index contributed by atoms with van der Waals surface area (Å²) in [5.74, 6) is 1.08. The Morgan fingerprint density at radius 3 is 2.00 bits per heavy atom. The van der Waals surface area contributed by atoms with E-state index in [1.165, 1.54) is 0 Å². The lowest BCUT2D eigenvalue weighted by Crippen LogP contribution is -2.22. The molecule has 0 aromatic heterocycles. The molecular formula is C9H14O. The normalized spacial score (nSPS) is 33.2. The fourth-order valence-corrected chi connectivity index (χ4v) is 1.22. The molecule has 1 nitrogen and oxygen atoms in total. The van der Waals surface area contributed by atoms with Gasteiger partial charge < -0.3 is 4.74 Å². The van der Waals surface area contributed by atoms with Crippen molar-refractivity contribution in [1.82, 2.24) is 0 Å². The maximum absolute atomic E-state index is 5.33. The second kappa shape index (κ2) is 3.57. The van der Waals surface area contributed by atoms with Gasteiger partial charge in [0.05, 0.1) is 13.2 Å². The molecule has 0 aliphatic carbocycles. The van der Waals surface area contributed by atoms with Gasteiger partial charge in [0.1, 0.15) is 0 Å². The first-order chi connectivity index (χ1) is 4.86. The van der Waals surface area contributed by atoms with Gasteiger partial charge in [-0.25, -0.2) is 0 Å². The first-order valence-corrected chi connectivity index (χ1v) is 3.69. The van der Waals surface area contributed by atoms with Crippen LogP contribution in [0.2, 0.25) is 0 Å². The molecule has 10 heavy (non-hydrogen) atoms. The smallest absolute Gasteiger partial charge is 0.0529 e. The SMILES string of the molecule is C=CC1COCC(C=C)C1. The minimum Gasteiger partial charge on any atom is -0.380 e. The molecule has 1 heteroatoms. The van der Waals surface area contributed by atoms with E-state index in [-0.39, 0.29) is 0 Å². The van der Waals surface area contributed by atoms with Crippen molar-refractivity contribution in [3.63, 3.8) is 0 Å². The van der Waals surface area contributed by atoms with Gasteiger partial charge in [0.15, 0.2) is 0 Å². The lowest BCUT2D eigenvalue weighted by atomic mass is 9.93. The predicted octanol–water partition coefficient (Wildman–Crippen LogP) is 2.01. The highest BCUT2D eigenvalue weighted by molar-refractivity contribution is 4.89. The van der Waals surface area contributed by atoms with E-state index in [9.17, 15) is 0 Å². The third-order valence-electron chi connectivity index (χ3n) is 1.94. The first kappa shape index (κ1) is 7.55. The summed E-state index contributed by atoms with van der Waals surface area (Å²) in [4.78, 5) is 0. The van der Waals surface area contributed by atoms with Crippen LogP contribution >= 0.6 is 0 Å². The second-order valence-electron chi connectivity index (χ2n) is 2.76. The average Bonchev–Trinajstić information content (AvgIpc) is 2.05. The Balaban J connectivity index is 2.38. The fraction of sp³-hybridized carbons (Fsp3) is 0.556. The molecule has 2 atom stereocenters. The van der Waals surface area contributed by atoms with E-state index in [2.05, 4.69) is 13.2 Å². The molecule has 0 amide bonds. The highest BCUT2D eigenvalue weighted by Crippen LogP contribution is 2.20. The summed E-state index contributed by atoms with van der Waals surface area (Å²) < 4.78 is 5.33. The average molecular weight is 138 g/mol. The number of rotatable bonds is 2. The molecule has 0 N–H and O–H groups in total. The van der Waals surface area contributed by atoms with Gasteiger partial charge in [0.25, 0.3) is 0 Å². The standard InChI is InChI=1S/C9H14O/c1-3-8-5-9(4-2)7-10-6-8/h3-4,8-9H,1-2,5-7H2. The Bertz CT molecular complexity index is 115. The summed E-state index contributed by atoms with van der Waals surface area (Å²) in [6.07, 6.45) is 5.10. The second-order valence-corrected chi connectivity index (χ2v) is 2.76. The molecule has 1 rings (SSSR count). The molecule has 2 unspecified atom stereocenters. The van der Waals surface area contributed by atoms with Crippen LogP contribution in [0.1, 0.15) is 6.42 Å². The van der Waals surface area contributed by atoms with Gasteiger partial charge in [-0.1, -0.05) is 12.2 Å². The van der Waals surface area contributed by atoms with E-state index in [1.807, 2.05) is 12.2 Å². The monoisotopic (exact) mass is 138 g/mol. The largest absolute Gasteiger partial charge is 0.380 e. The Labute approximate surface area is 62.4 Å². The van der Waals surface area contributed by atoms with Crippen LogP contribution in [0, 0.1) is 11.8 Å². The van der Waals surface area contributed by atoms with E-state index in [0.717, 1.165) is 19.6 Å². The number of ether oxygens (including phenoxy) is 1. The van der Waals surface area contributed by atoms with Crippen molar-refractivity contribution in [3.8, 4) is 0 Å². The van der Waals surface area contributed by atoms with Crippen molar-refractivity contribution >= 4 is 0 Å². The quantitative estimate of drug-likeness (QED) is 0.530. The van der Waals surface area contributed by atoms with Crippen molar-refractivity contribution in [2.75, 3.05) is 13.2 Å². The van der Waals surface area contributed by atoms with Crippen LogP contribution in [-0.4, -0.2) is 13.2 Å². The van der Waals surface area contributed by atoms with E-state index >= 15 is 0 Å². The van der Waals surface area contributed by atoms with Crippen LogP contribution in [-0.2, 0) is 4.74 Å². The topological polar surface area (TPSA) is 9.23 Å². The summed E-state index contributed by atoms with van der Waals surface area (Å²) >= 11 is 0. The van der Waals surface area contributed by atoms with Gasteiger partial charge in [-0.2, -0.15) is 0 Å². The van der Waals surface area contributed by atoms with Gasteiger partial charge in [0, 0.05) is 11.8 Å². The summed E-state index contributed by atoms with van der Waals surface area (Å²) in [5, 5.41) is 0. The minimum atomic E-state index is 0.539. The Hall–Kier alpha value is -0.560. The molecule has 0 saturated carbocycles. The van der Waals surface area contributed by atoms with E-state index in [1.54, 1.807) is 0 Å². The molecule has 1 fully saturated rings. The van der Waals surface area contributed by atoms with Gasteiger partial charge in [-0.05, 0) is 6.42 Å².